The van der Waals surface area contributed by atoms with E-state index in [-0.39, 0.29) is 18.2 Å². The Hall–Kier alpha value is -2.60. The summed E-state index contributed by atoms with van der Waals surface area (Å²) in [4.78, 5) is 31.1. The lowest BCUT2D eigenvalue weighted by Crippen LogP contribution is -2.45. The van der Waals surface area contributed by atoms with E-state index in [1.165, 1.54) is 27.8 Å². The average Bonchev–Trinajstić information content (AvgIpc) is 2.69. The van der Waals surface area contributed by atoms with Gasteiger partial charge in [-0.3, -0.25) is 14.5 Å². The van der Waals surface area contributed by atoms with Crippen LogP contribution in [0.25, 0.3) is 0 Å². The number of nitrogens with zero attached hydrogens (tertiary/aromatic N) is 2. The van der Waals surface area contributed by atoms with Crippen LogP contribution in [-0.2, 0) is 16.0 Å². The van der Waals surface area contributed by atoms with Gasteiger partial charge in [0.25, 0.3) is 0 Å². The highest BCUT2D eigenvalue weighted by molar-refractivity contribution is 8.15. The molecular weight excluding hydrogens is 370 g/mol. The highest BCUT2D eigenvalue weighted by Gasteiger charge is 2.33. The van der Waals surface area contributed by atoms with Gasteiger partial charge in [0.15, 0.2) is 5.17 Å². The van der Waals surface area contributed by atoms with Crippen LogP contribution in [0.5, 0.6) is 0 Å². The molecule has 0 saturated carbocycles. The van der Waals surface area contributed by atoms with Gasteiger partial charge in [-0.15, -0.1) is 0 Å². The number of nitrogens with one attached hydrogen (secondary N) is 1. The monoisotopic (exact) mass is 395 g/mol. The number of hydrogen-bond acceptors (Lipinski definition) is 4. The first-order valence-corrected chi connectivity index (χ1v) is 10.2. The Morgan fingerprint density at radius 3 is 2.64 bits per heavy atom. The lowest BCUT2D eigenvalue weighted by atomic mass is 10.1. The molecule has 1 heterocycles. The summed E-state index contributed by atoms with van der Waals surface area (Å²) in [5.74, 6) is -0.209. The Balaban J connectivity index is 1.65. The molecule has 0 radical (unpaired) electrons. The maximum absolute atomic E-state index is 12.6. The fourth-order valence-electron chi connectivity index (χ4n) is 2.89. The molecule has 2 aromatic carbocycles. The Morgan fingerprint density at radius 2 is 1.93 bits per heavy atom. The molecule has 1 atom stereocenters. The molecule has 146 valence electrons. The van der Waals surface area contributed by atoms with E-state index >= 15 is 0 Å². The van der Waals surface area contributed by atoms with E-state index in [0.717, 1.165) is 17.7 Å². The van der Waals surface area contributed by atoms with Gasteiger partial charge in [-0.25, -0.2) is 4.99 Å². The van der Waals surface area contributed by atoms with Crippen LogP contribution in [0.15, 0.2) is 53.5 Å². The predicted molar refractivity (Wildman–Crippen MR) is 115 cm³/mol. The highest BCUT2D eigenvalue weighted by Crippen LogP contribution is 2.28. The van der Waals surface area contributed by atoms with Gasteiger partial charge in [-0.05, 0) is 49.1 Å². The van der Waals surface area contributed by atoms with Gasteiger partial charge in [0.2, 0.25) is 11.8 Å². The number of thioether (sulfide) groups is 1. The van der Waals surface area contributed by atoms with Crippen LogP contribution in [0, 0.1) is 13.8 Å². The van der Waals surface area contributed by atoms with Gasteiger partial charge in [0.1, 0.15) is 0 Å². The molecule has 6 heteroatoms. The van der Waals surface area contributed by atoms with Crippen molar-refractivity contribution in [1.82, 2.24) is 10.2 Å². The number of amides is 2. The molecule has 2 aromatic rings. The molecule has 0 aliphatic carbocycles. The smallest absolute Gasteiger partial charge is 0.234 e. The molecule has 1 N–H and O–H groups in total. The third-order valence-electron chi connectivity index (χ3n) is 4.83. The molecule has 1 aliphatic heterocycles. The molecule has 28 heavy (non-hydrogen) atoms. The number of aryl methyl sites for hydroxylation is 2. The van der Waals surface area contributed by atoms with Crippen molar-refractivity contribution in [2.75, 3.05) is 13.6 Å². The zero-order chi connectivity index (χ0) is 20.1. The lowest BCUT2D eigenvalue weighted by Gasteiger charge is -2.28. The summed E-state index contributed by atoms with van der Waals surface area (Å²) >= 11 is 1.35. The van der Waals surface area contributed by atoms with E-state index in [1.807, 2.05) is 62.4 Å². The summed E-state index contributed by atoms with van der Waals surface area (Å²) < 4.78 is 0. The fraction of sp³-hybridized carbons (Fsp3) is 0.318. The topological polar surface area (TPSA) is 61.8 Å². The maximum Gasteiger partial charge on any atom is 0.234 e. The second-order valence-corrected chi connectivity index (χ2v) is 8.12. The first-order valence-electron chi connectivity index (χ1n) is 9.35. The van der Waals surface area contributed by atoms with Crippen LogP contribution >= 0.6 is 11.8 Å². The van der Waals surface area contributed by atoms with Crippen LogP contribution in [0.3, 0.4) is 0 Å². The number of amidine groups is 1. The number of benzene rings is 2. The van der Waals surface area contributed by atoms with Crippen molar-refractivity contribution in [3.8, 4) is 0 Å². The van der Waals surface area contributed by atoms with Crippen LogP contribution < -0.4 is 5.32 Å². The van der Waals surface area contributed by atoms with E-state index in [1.54, 1.807) is 7.05 Å². The summed E-state index contributed by atoms with van der Waals surface area (Å²) in [5, 5.41) is 3.06. The largest absolute Gasteiger partial charge is 0.355 e. The summed E-state index contributed by atoms with van der Waals surface area (Å²) in [6.45, 7) is 4.63. The normalized spacial score (nSPS) is 18.4. The van der Waals surface area contributed by atoms with Gasteiger partial charge in [0, 0.05) is 20.0 Å². The molecule has 0 spiro atoms. The molecule has 1 fully saturated rings. The second-order valence-electron chi connectivity index (χ2n) is 6.95. The fourth-order valence-corrected chi connectivity index (χ4v) is 3.98. The van der Waals surface area contributed by atoms with Crippen molar-refractivity contribution in [2.45, 2.75) is 31.9 Å². The minimum absolute atomic E-state index is 0.0930. The highest BCUT2D eigenvalue weighted by atomic mass is 32.2. The molecule has 5 nitrogen and oxygen atoms in total. The second kappa shape index (κ2) is 9.06. The molecule has 3 rings (SSSR count). The van der Waals surface area contributed by atoms with Gasteiger partial charge in [0.05, 0.1) is 10.9 Å². The molecule has 2 amide bonds. The van der Waals surface area contributed by atoms with E-state index in [0.29, 0.717) is 11.7 Å². The summed E-state index contributed by atoms with van der Waals surface area (Å²) in [7, 11) is 1.71. The zero-order valence-electron chi connectivity index (χ0n) is 16.4. The average molecular weight is 396 g/mol. The lowest BCUT2D eigenvalue weighted by molar-refractivity contribution is -0.129. The third-order valence-corrected chi connectivity index (χ3v) is 6.07. The van der Waals surface area contributed by atoms with Crippen molar-refractivity contribution in [2.24, 2.45) is 4.99 Å². The van der Waals surface area contributed by atoms with Crippen molar-refractivity contribution < 1.29 is 9.59 Å². The van der Waals surface area contributed by atoms with Crippen molar-refractivity contribution >= 4 is 34.4 Å². The van der Waals surface area contributed by atoms with Crippen molar-refractivity contribution in [1.29, 1.82) is 0 Å². The SMILES string of the molecule is Cc1ccc(N=C2SC(C(=O)NCCc3ccccc3)CC(=O)N2C)cc1C. The Morgan fingerprint density at radius 1 is 1.18 bits per heavy atom. The van der Waals surface area contributed by atoms with Gasteiger partial charge < -0.3 is 5.32 Å². The number of aliphatic imine (C=N–C) groups is 1. The third kappa shape index (κ3) is 5.01. The first kappa shape index (κ1) is 20.1. The molecule has 0 aromatic heterocycles. The van der Waals surface area contributed by atoms with Crippen molar-refractivity contribution in [3.63, 3.8) is 0 Å². The van der Waals surface area contributed by atoms with E-state index < -0.39 is 5.25 Å². The Kier molecular flexibility index (Phi) is 6.52. The molecule has 0 bridgehead atoms. The number of carbonyl (C=O) groups is 2. The predicted octanol–water partition coefficient (Wildman–Crippen LogP) is 3.61. The van der Waals surface area contributed by atoms with Gasteiger partial charge in [-0.2, -0.15) is 0 Å². The minimum atomic E-state index is -0.454. The van der Waals surface area contributed by atoms with Gasteiger partial charge in [-0.1, -0.05) is 48.2 Å². The van der Waals surface area contributed by atoms with Crippen molar-refractivity contribution in [3.05, 3.63) is 65.2 Å². The summed E-state index contributed by atoms with van der Waals surface area (Å²) in [6, 6.07) is 15.9. The molecular formula is C22H25N3O2S. The van der Waals surface area contributed by atoms with Crippen LogP contribution in [0.1, 0.15) is 23.1 Å². The molecule has 1 unspecified atom stereocenters. The number of hydrogen-bond donors (Lipinski definition) is 1. The first-order chi connectivity index (χ1) is 13.4. The number of carbonyl (C=O) groups excluding carboxylic acids is 2. The summed E-state index contributed by atoms with van der Waals surface area (Å²) in [6.07, 6.45) is 0.950. The van der Waals surface area contributed by atoms with E-state index in [4.69, 9.17) is 0 Å². The maximum atomic E-state index is 12.6. The van der Waals surface area contributed by atoms with E-state index in [2.05, 4.69) is 10.3 Å². The Bertz CT molecular complexity index is 896. The van der Waals surface area contributed by atoms with Crippen LogP contribution in [0.2, 0.25) is 0 Å². The standard InChI is InChI=1S/C22H25N3O2S/c1-15-9-10-18(13-16(15)2)24-22-25(3)20(26)14-19(28-22)21(27)23-12-11-17-7-5-4-6-8-17/h4-10,13,19H,11-12,14H2,1-3H3,(H,23,27). The quantitative estimate of drug-likeness (QED) is 0.841. The van der Waals surface area contributed by atoms with Crippen LogP contribution in [0.4, 0.5) is 5.69 Å². The van der Waals surface area contributed by atoms with E-state index in [9.17, 15) is 9.59 Å². The molecule has 1 aliphatic rings. The van der Waals surface area contributed by atoms with Crippen LogP contribution in [-0.4, -0.2) is 40.7 Å². The minimum Gasteiger partial charge on any atom is -0.355 e. The molecule has 1 saturated heterocycles. The van der Waals surface area contributed by atoms with Gasteiger partial charge >= 0.3 is 0 Å². The summed E-state index contributed by atoms with van der Waals surface area (Å²) in [5.41, 5.74) is 4.30. The Labute approximate surface area is 170 Å². The number of rotatable bonds is 5. The zero-order valence-corrected chi connectivity index (χ0v) is 17.3.